The Morgan fingerprint density at radius 2 is 1.83 bits per heavy atom. The van der Waals surface area contributed by atoms with Gasteiger partial charge in [-0.2, -0.15) is 0 Å². The van der Waals surface area contributed by atoms with Gasteiger partial charge in [0.1, 0.15) is 0 Å². The Balaban J connectivity index is 0.00000264. The molecular weight excluding hydrogens is 328 g/mol. The monoisotopic (exact) mass is 347 g/mol. The maximum absolute atomic E-state index is 13.3. The molecule has 1 saturated heterocycles. The average Bonchev–Trinajstić information content (AvgIpc) is 2.95. The topological polar surface area (TPSA) is 70.2 Å². The summed E-state index contributed by atoms with van der Waals surface area (Å²) in [6.45, 7) is 3.11. The van der Waals surface area contributed by atoms with Crippen molar-refractivity contribution >= 4 is 35.6 Å². The maximum atomic E-state index is 13.3. The summed E-state index contributed by atoms with van der Waals surface area (Å²) >= 11 is 0. The third-order valence-electron chi connectivity index (χ3n) is 3.59. The average molecular weight is 348 g/mol. The zero-order valence-electron chi connectivity index (χ0n) is 12.7. The number of nitrogens with one attached hydrogen (secondary N) is 3. The third-order valence-corrected chi connectivity index (χ3v) is 3.59. The molecule has 0 aromatic heterocycles. The van der Waals surface area contributed by atoms with E-state index in [-0.39, 0.29) is 29.7 Å². The van der Waals surface area contributed by atoms with Gasteiger partial charge in [0.2, 0.25) is 11.8 Å². The molecule has 1 aromatic carbocycles. The molecule has 2 amide bonds. The summed E-state index contributed by atoms with van der Waals surface area (Å²) in [6, 6.07) is 1.73. The standard InChI is InChI=1S/C15H19F2N3O2.ClH/c1-9(21)19-13-6-11(16)12(17)7-14(13)20-15(22)3-2-10-4-5-18-8-10;/h6-7,10,18H,2-5,8H2,1H3,(H,19,21)(H,20,22);1H. The van der Waals surface area contributed by atoms with E-state index in [1.165, 1.54) is 6.92 Å². The van der Waals surface area contributed by atoms with Gasteiger partial charge in [-0.05, 0) is 31.8 Å². The van der Waals surface area contributed by atoms with Crippen LogP contribution in [0.25, 0.3) is 0 Å². The van der Waals surface area contributed by atoms with E-state index in [1.807, 2.05) is 0 Å². The Kier molecular flexibility index (Phi) is 7.38. The summed E-state index contributed by atoms with van der Waals surface area (Å²) < 4.78 is 26.6. The number of benzene rings is 1. The number of amides is 2. The minimum absolute atomic E-state index is 0. The maximum Gasteiger partial charge on any atom is 0.224 e. The van der Waals surface area contributed by atoms with E-state index in [0.29, 0.717) is 12.3 Å². The number of rotatable bonds is 5. The van der Waals surface area contributed by atoms with Gasteiger partial charge in [0.05, 0.1) is 11.4 Å². The van der Waals surface area contributed by atoms with E-state index in [4.69, 9.17) is 0 Å². The van der Waals surface area contributed by atoms with Gasteiger partial charge in [-0.3, -0.25) is 9.59 Å². The Labute approximate surface area is 139 Å². The van der Waals surface area contributed by atoms with Crippen LogP contribution in [0, 0.1) is 17.6 Å². The van der Waals surface area contributed by atoms with Crippen molar-refractivity contribution in [3.05, 3.63) is 23.8 Å². The predicted molar refractivity (Wildman–Crippen MR) is 86.8 cm³/mol. The third kappa shape index (κ3) is 5.76. The lowest BCUT2D eigenvalue weighted by Gasteiger charge is -2.13. The van der Waals surface area contributed by atoms with Crippen LogP contribution in [0.15, 0.2) is 12.1 Å². The molecule has 2 rings (SSSR count). The molecule has 1 atom stereocenters. The highest BCUT2D eigenvalue weighted by molar-refractivity contribution is 5.98. The van der Waals surface area contributed by atoms with E-state index in [0.717, 1.165) is 38.1 Å². The van der Waals surface area contributed by atoms with Crippen LogP contribution in [0.3, 0.4) is 0 Å². The van der Waals surface area contributed by atoms with E-state index in [1.54, 1.807) is 0 Å². The van der Waals surface area contributed by atoms with Crippen LogP contribution in [-0.2, 0) is 9.59 Å². The molecule has 1 unspecified atom stereocenters. The van der Waals surface area contributed by atoms with E-state index in [2.05, 4.69) is 16.0 Å². The quantitative estimate of drug-likeness (QED) is 0.767. The molecule has 3 N–H and O–H groups in total. The van der Waals surface area contributed by atoms with E-state index in [9.17, 15) is 18.4 Å². The largest absolute Gasteiger partial charge is 0.324 e. The molecule has 0 spiro atoms. The molecule has 0 radical (unpaired) electrons. The molecule has 0 aliphatic carbocycles. The number of hydrogen-bond donors (Lipinski definition) is 3. The van der Waals surface area contributed by atoms with Crippen molar-refractivity contribution in [1.29, 1.82) is 0 Å². The highest BCUT2D eigenvalue weighted by Crippen LogP contribution is 2.26. The molecule has 0 saturated carbocycles. The van der Waals surface area contributed by atoms with Crippen LogP contribution >= 0.6 is 12.4 Å². The summed E-state index contributed by atoms with van der Waals surface area (Å²) in [4.78, 5) is 23.0. The van der Waals surface area contributed by atoms with Crippen LogP contribution in [-0.4, -0.2) is 24.9 Å². The summed E-state index contributed by atoms with van der Waals surface area (Å²) in [7, 11) is 0. The fourth-order valence-corrected chi connectivity index (χ4v) is 2.45. The Bertz CT molecular complexity index is 578. The van der Waals surface area contributed by atoms with Crippen molar-refractivity contribution in [3.63, 3.8) is 0 Å². The molecule has 23 heavy (non-hydrogen) atoms. The highest BCUT2D eigenvalue weighted by Gasteiger charge is 2.17. The smallest absolute Gasteiger partial charge is 0.224 e. The second-order valence-electron chi connectivity index (χ2n) is 5.44. The number of carbonyl (C=O) groups excluding carboxylic acids is 2. The van der Waals surface area contributed by atoms with Gasteiger partial charge < -0.3 is 16.0 Å². The summed E-state index contributed by atoms with van der Waals surface area (Å²) in [5.41, 5.74) is 0.103. The molecule has 1 aliphatic heterocycles. The SMILES string of the molecule is CC(=O)Nc1cc(F)c(F)cc1NC(=O)CCC1CCNC1.Cl. The normalized spacial score (nSPS) is 16.6. The molecular formula is C15H20ClF2N3O2. The first-order valence-electron chi connectivity index (χ1n) is 7.23. The second-order valence-corrected chi connectivity index (χ2v) is 5.44. The first-order valence-corrected chi connectivity index (χ1v) is 7.23. The first-order chi connectivity index (χ1) is 10.5. The van der Waals surface area contributed by atoms with Gasteiger partial charge in [-0.15, -0.1) is 12.4 Å². The van der Waals surface area contributed by atoms with Crippen LogP contribution < -0.4 is 16.0 Å². The lowest BCUT2D eigenvalue weighted by molar-refractivity contribution is -0.116. The molecule has 1 aromatic rings. The van der Waals surface area contributed by atoms with Crippen molar-refractivity contribution in [3.8, 4) is 0 Å². The van der Waals surface area contributed by atoms with E-state index >= 15 is 0 Å². The summed E-state index contributed by atoms with van der Waals surface area (Å²) in [6.07, 6.45) is 2.07. The second kappa shape index (κ2) is 8.79. The summed E-state index contributed by atoms with van der Waals surface area (Å²) in [5, 5.41) is 8.12. The summed E-state index contributed by atoms with van der Waals surface area (Å²) in [5.74, 6) is -2.42. The minimum atomic E-state index is -1.08. The van der Waals surface area contributed by atoms with Gasteiger partial charge in [-0.1, -0.05) is 0 Å². The molecule has 1 heterocycles. The minimum Gasteiger partial charge on any atom is -0.324 e. The Morgan fingerprint density at radius 3 is 2.35 bits per heavy atom. The van der Waals surface area contributed by atoms with Gasteiger partial charge in [0, 0.05) is 25.5 Å². The lowest BCUT2D eigenvalue weighted by Crippen LogP contribution is -2.17. The molecule has 1 aliphatic rings. The zero-order chi connectivity index (χ0) is 16.1. The fraction of sp³-hybridized carbons (Fsp3) is 0.467. The highest BCUT2D eigenvalue weighted by atomic mass is 35.5. The molecule has 8 heteroatoms. The lowest BCUT2D eigenvalue weighted by atomic mass is 10.0. The number of anilines is 2. The van der Waals surface area contributed by atoms with Crippen LogP contribution in [0.1, 0.15) is 26.2 Å². The van der Waals surface area contributed by atoms with Gasteiger partial charge in [-0.25, -0.2) is 8.78 Å². The Morgan fingerprint density at radius 1 is 1.22 bits per heavy atom. The molecule has 5 nitrogen and oxygen atoms in total. The number of halogens is 3. The van der Waals surface area contributed by atoms with Gasteiger partial charge in [0.15, 0.2) is 11.6 Å². The molecule has 128 valence electrons. The van der Waals surface area contributed by atoms with Crippen molar-refractivity contribution in [2.75, 3.05) is 23.7 Å². The zero-order valence-corrected chi connectivity index (χ0v) is 13.6. The van der Waals surface area contributed by atoms with Crippen molar-refractivity contribution in [2.24, 2.45) is 5.92 Å². The first kappa shape index (κ1) is 19.3. The van der Waals surface area contributed by atoms with Gasteiger partial charge in [0.25, 0.3) is 0 Å². The van der Waals surface area contributed by atoms with Crippen molar-refractivity contribution in [1.82, 2.24) is 5.32 Å². The number of carbonyl (C=O) groups is 2. The predicted octanol–water partition coefficient (Wildman–Crippen LogP) is 2.67. The Hall–Kier alpha value is -1.73. The molecule has 1 fully saturated rings. The van der Waals surface area contributed by atoms with E-state index < -0.39 is 17.5 Å². The van der Waals surface area contributed by atoms with Crippen LogP contribution in [0.4, 0.5) is 20.2 Å². The fourth-order valence-electron chi connectivity index (χ4n) is 2.45. The molecule has 0 bridgehead atoms. The van der Waals surface area contributed by atoms with Crippen molar-refractivity contribution < 1.29 is 18.4 Å². The van der Waals surface area contributed by atoms with Crippen LogP contribution in [0.5, 0.6) is 0 Å². The number of hydrogen-bond acceptors (Lipinski definition) is 3. The van der Waals surface area contributed by atoms with Crippen molar-refractivity contribution in [2.45, 2.75) is 26.2 Å². The van der Waals surface area contributed by atoms with Gasteiger partial charge >= 0.3 is 0 Å². The van der Waals surface area contributed by atoms with Crippen LogP contribution in [0.2, 0.25) is 0 Å².